The zero-order valence-electron chi connectivity index (χ0n) is 9.51. The zero-order chi connectivity index (χ0) is 13.1. The quantitative estimate of drug-likeness (QED) is 0.841. The Kier molecular flexibility index (Phi) is 4.16. The van der Waals surface area contributed by atoms with Crippen molar-refractivity contribution in [3.63, 3.8) is 0 Å². The molecule has 0 spiro atoms. The average molecular weight is 275 g/mol. The molecule has 2 nitrogen and oxygen atoms in total. The van der Waals surface area contributed by atoms with Gasteiger partial charge in [-0.15, -0.1) is 0 Å². The summed E-state index contributed by atoms with van der Waals surface area (Å²) in [6.07, 6.45) is 1.72. The topological polar surface area (TPSA) is 29.1 Å². The molecule has 1 aliphatic heterocycles. The van der Waals surface area contributed by atoms with E-state index < -0.39 is 28.9 Å². The van der Waals surface area contributed by atoms with E-state index in [1.807, 2.05) is 0 Å². The standard InChI is InChI=1S/C12H12F3NOS/c13-8-3-4-9(14)11(15)10(8)12(17)16-7-2-1-5-18-6-7/h3-4,7H,1-2,5-6H2,(H,16,17)/t7-/m0/s1. The lowest BCUT2D eigenvalue weighted by molar-refractivity contribution is 0.0929. The molecule has 1 aromatic carbocycles. The first-order chi connectivity index (χ1) is 8.59. The van der Waals surface area contributed by atoms with E-state index in [1.165, 1.54) is 0 Å². The van der Waals surface area contributed by atoms with Crippen molar-refractivity contribution in [2.24, 2.45) is 0 Å². The second kappa shape index (κ2) is 5.65. The van der Waals surface area contributed by atoms with Crippen molar-refractivity contribution in [3.05, 3.63) is 35.1 Å². The van der Waals surface area contributed by atoms with Gasteiger partial charge in [0.1, 0.15) is 11.4 Å². The summed E-state index contributed by atoms with van der Waals surface area (Å²) in [4.78, 5) is 11.7. The van der Waals surface area contributed by atoms with E-state index in [0.29, 0.717) is 11.8 Å². The van der Waals surface area contributed by atoms with E-state index >= 15 is 0 Å². The van der Waals surface area contributed by atoms with Gasteiger partial charge in [-0.1, -0.05) is 0 Å². The van der Waals surface area contributed by atoms with Crippen LogP contribution in [0.5, 0.6) is 0 Å². The minimum atomic E-state index is -1.43. The van der Waals surface area contributed by atoms with E-state index in [9.17, 15) is 18.0 Å². The molecule has 1 atom stereocenters. The molecule has 6 heteroatoms. The maximum Gasteiger partial charge on any atom is 0.257 e. The Labute approximate surface area is 107 Å². The fourth-order valence-corrected chi connectivity index (χ4v) is 2.92. The van der Waals surface area contributed by atoms with E-state index in [-0.39, 0.29) is 6.04 Å². The van der Waals surface area contributed by atoms with Crippen LogP contribution >= 0.6 is 11.8 Å². The van der Waals surface area contributed by atoms with Crippen molar-refractivity contribution in [1.29, 1.82) is 0 Å². The van der Waals surface area contributed by atoms with Gasteiger partial charge < -0.3 is 5.32 Å². The third-order valence-electron chi connectivity index (χ3n) is 2.77. The number of rotatable bonds is 2. The summed E-state index contributed by atoms with van der Waals surface area (Å²) in [5.41, 5.74) is -0.842. The van der Waals surface area contributed by atoms with Crippen LogP contribution < -0.4 is 5.32 Å². The van der Waals surface area contributed by atoms with Crippen LogP contribution in [0.25, 0.3) is 0 Å². The lowest BCUT2D eigenvalue weighted by atomic mass is 10.1. The number of amides is 1. The van der Waals surface area contributed by atoms with Crippen molar-refractivity contribution in [3.8, 4) is 0 Å². The molecule has 0 bridgehead atoms. The summed E-state index contributed by atoms with van der Waals surface area (Å²) < 4.78 is 39.7. The van der Waals surface area contributed by atoms with E-state index in [0.717, 1.165) is 24.7 Å². The molecule has 1 saturated heterocycles. The van der Waals surface area contributed by atoms with Gasteiger partial charge in [-0.05, 0) is 30.7 Å². The van der Waals surface area contributed by atoms with Gasteiger partial charge in [0.15, 0.2) is 11.6 Å². The molecule has 1 amide bonds. The second-order valence-electron chi connectivity index (χ2n) is 4.11. The molecule has 18 heavy (non-hydrogen) atoms. The molecule has 1 N–H and O–H groups in total. The van der Waals surface area contributed by atoms with Gasteiger partial charge in [-0.3, -0.25) is 4.79 Å². The Morgan fingerprint density at radius 3 is 2.67 bits per heavy atom. The first kappa shape index (κ1) is 13.3. The number of thioether (sulfide) groups is 1. The number of carbonyl (C=O) groups is 1. The molecule has 1 aromatic rings. The van der Waals surface area contributed by atoms with Gasteiger partial charge in [-0.2, -0.15) is 11.8 Å². The third kappa shape index (κ3) is 2.80. The fraction of sp³-hybridized carbons (Fsp3) is 0.417. The van der Waals surface area contributed by atoms with Gasteiger partial charge in [-0.25, -0.2) is 13.2 Å². The normalized spacial score (nSPS) is 19.6. The van der Waals surface area contributed by atoms with Crippen molar-refractivity contribution in [2.75, 3.05) is 11.5 Å². The summed E-state index contributed by atoms with van der Waals surface area (Å²) in [5.74, 6) is -2.86. The highest BCUT2D eigenvalue weighted by atomic mass is 32.2. The lowest BCUT2D eigenvalue weighted by Gasteiger charge is -2.22. The molecule has 0 aromatic heterocycles. The molecule has 1 heterocycles. The monoisotopic (exact) mass is 275 g/mol. The molecule has 0 saturated carbocycles. The molecule has 0 radical (unpaired) electrons. The largest absolute Gasteiger partial charge is 0.348 e. The maximum absolute atomic E-state index is 13.4. The van der Waals surface area contributed by atoms with Crippen LogP contribution in [0.3, 0.4) is 0 Å². The number of nitrogens with one attached hydrogen (secondary N) is 1. The molecule has 1 aliphatic rings. The van der Waals surface area contributed by atoms with Crippen LogP contribution in [0.1, 0.15) is 23.2 Å². The molecule has 1 fully saturated rings. The smallest absolute Gasteiger partial charge is 0.257 e. The second-order valence-corrected chi connectivity index (χ2v) is 5.26. The zero-order valence-corrected chi connectivity index (χ0v) is 10.3. The number of hydrogen-bond acceptors (Lipinski definition) is 2. The Balaban J connectivity index is 2.15. The minimum absolute atomic E-state index is 0.113. The number of halogens is 3. The van der Waals surface area contributed by atoms with Gasteiger partial charge in [0.25, 0.3) is 5.91 Å². The van der Waals surface area contributed by atoms with E-state index in [4.69, 9.17) is 0 Å². The highest BCUT2D eigenvalue weighted by Gasteiger charge is 2.23. The fourth-order valence-electron chi connectivity index (χ4n) is 1.85. The lowest BCUT2D eigenvalue weighted by Crippen LogP contribution is -2.39. The van der Waals surface area contributed by atoms with Crippen LogP contribution in [-0.2, 0) is 0 Å². The number of benzene rings is 1. The van der Waals surface area contributed by atoms with Crippen molar-refractivity contribution >= 4 is 17.7 Å². The Hall–Kier alpha value is -1.17. The van der Waals surface area contributed by atoms with Gasteiger partial charge in [0, 0.05) is 11.8 Å². The molecule has 2 rings (SSSR count). The Morgan fingerprint density at radius 2 is 2.00 bits per heavy atom. The molecule has 0 unspecified atom stereocenters. The summed E-state index contributed by atoms with van der Waals surface area (Å²) in [5, 5.41) is 2.54. The van der Waals surface area contributed by atoms with Crippen molar-refractivity contribution < 1.29 is 18.0 Å². The van der Waals surface area contributed by atoms with Gasteiger partial charge >= 0.3 is 0 Å². The number of hydrogen-bond donors (Lipinski definition) is 1. The minimum Gasteiger partial charge on any atom is -0.348 e. The Bertz CT molecular complexity index is 461. The highest BCUT2D eigenvalue weighted by Crippen LogP contribution is 2.19. The average Bonchev–Trinajstić information content (AvgIpc) is 2.36. The SMILES string of the molecule is O=C(N[C@H]1CCCSC1)c1c(F)ccc(F)c1F. The number of carbonyl (C=O) groups excluding carboxylic acids is 1. The van der Waals surface area contributed by atoms with Gasteiger partial charge in [0.05, 0.1) is 0 Å². The Morgan fingerprint density at radius 1 is 1.28 bits per heavy atom. The summed E-state index contributed by atoms with van der Waals surface area (Å²) in [6, 6.07) is 1.30. The molecule has 98 valence electrons. The predicted octanol–water partition coefficient (Wildman–Crippen LogP) is 2.73. The van der Waals surface area contributed by atoms with Crippen LogP contribution in [-0.4, -0.2) is 23.5 Å². The summed E-state index contributed by atoms with van der Waals surface area (Å²) >= 11 is 1.68. The van der Waals surface area contributed by atoms with Crippen molar-refractivity contribution in [2.45, 2.75) is 18.9 Å². The van der Waals surface area contributed by atoms with Crippen LogP contribution in [0, 0.1) is 17.5 Å². The molecular formula is C12H12F3NOS. The van der Waals surface area contributed by atoms with E-state index in [1.54, 1.807) is 11.8 Å². The van der Waals surface area contributed by atoms with Crippen LogP contribution in [0.4, 0.5) is 13.2 Å². The third-order valence-corrected chi connectivity index (χ3v) is 3.98. The summed E-state index contributed by atoms with van der Waals surface area (Å²) in [6.45, 7) is 0. The van der Waals surface area contributed by atoms with Crippen molar-refractivity contribution in [1.82, 2.24) is 5.32 Å². The first-order valence-electron chi connectivity index (χ1n) is 5.61. The molecule has 0 aliphatic carbocycles. The maximum atomic E-state index is 13.4. The van der Waals surface area contributed by atoms with E-state index in [2.05, 4.69) is 5.32 Å². The highest BCUT2D eigenvalue weighted by molar-refractivity contribution is 7.99. The molecular weight excluding hydrogens is 263 g/mol. The first-order valence-corrected chi connectivity index (χ1v) is 6.77. The summed E-state index contributed by atoms with van der Waals surface area (Å²) in [7, 11) is 0. The van der Waals surface area contributed by atoms with Gasteiger partial charge in [0.2, 0.25) is 0 Å². The predicted molar refractivity (Wildman–Crippen MR) is 64.1 cm³/mol. The van der Waals surface area contributed by atoms with Crippen LogP contribution in [0.2, 0.25) is 0 Å². The van der Waals surface area contributed by atoms with Crippen LogP contribution in [0.15, 0.2) is 12.1 Å².